The van der Waals surface area contributed by atoms with E-state index in [1.54, 1.807) is 24.3 Å². The molecule has 4 N–H and O–H groups in total. The summed E-state index contributed by atoms with van der Waals surface area (Å²) in [6.07, 6.45) is 2.06. The van der Waals surface area contributed by atoms with Crippen LogP contribution in [0.4, 0.5) is 0 Å². The van der Waals surface area contributed by atoms with Gasteiger partial charge in [0.2, 0.25) is 0 Å². The van der Waals surface area contributed by atoms with Gasteiger partial charge in [0, 0.05) is 34.6 Å². The number of aromatic nitrogens is 1. The number of aryl methyl sites for hydroxylation is 1. The fraction of sp³-hybridized carbons (Fsp3) is 0.100. The zero-order chi connectivity index (χ0) is 25.8. The number of carbonyl (C=O) groups excluding carboxylic acids is 3. The Morgan fingerprint density at radius 3 is 2.35 bits per heavy atom. The summed E-state index contributed by atoms with van der Waals surface area (Å²) in [6.45, 7) is 1.82. The van der Waals surface area contributed by atoms with E-state index >= 15 is 0 Å². The van der Waals surface area contributed by atoms with Crippen molar-refractivity contribution in [3.05, 3.63) is 119 Å². The lowest BCUT2D eigenvalue weighted by molar-refractivity contribution is -0.123. The van der Waals surface area contributed by atoms with Crippen molar-refractivity contribution in [3.63, 3.8) is 0 Å². The molecular weight excluding hydrogens is 464 g/mol. The van der Waals surface area contributed by atoms with Crippen molar-refractivity contribution in [1.82, 2.24) is 21.2 Å². The SMILES string of the molecule is Cc1ccccc1C(=O)NNC(=O)C(Cc1c[nH]c2ccccc12)NC(=O)c1ccc2ccccc2c1. The van der Waals surface area contributed by atoms with E-state index in [9.17, 15) is 14.4 Å². The number of benzene rings is 4. The summed E-state index contributed by atoms with van der Waals surface area (Å²) in [5.41, 5.74) is 8.46. The van der Waals surface area contributed by atoms with Crippen LogP contribution in [0.3, 0.4) is 0 Å². The van der Waals surface area contributed by atoms with Crippen molar-refractivity contribution in [2.24, 2.45) is 0 Å². The average Bonchev–Trinajstić information content (AvgIpc) is 3.33. The highest BCUT2D eigenvalue weighted by Crippen LogP contribution is 2.20. The topological polar surface area (TPSA) is 103 Å². The molecule has 0 aliphatic heterocycles. The molecule has 0 bridgehead atoms. The minimum Gasteiger partial charge on any atom is -0.361 e. The summed E-state index contributed by atoms with van der Waals surface area (Å²) in [7, 11) is 0. The molecule has 37 heavy (non-hydrogen) atoms. The first-order chi connectivity index (χ1) is 18.0. The van der Waals surface area contributed by atoms with Crippen molar-refractivity contribution in [3.8, 4) is 0 Å². The zero-order valence-electron chi connectivity index (χ0n) is 20.2. The van der Waals surface area contributed by atoms with E-state index in [2.05, 4.69) is 21.2 Å². The van der Waals surface area contributed by atoms with Crippen LogP contribution in [0.25, 0.3) is 21.7 Å². The van der Waals surface area contributed by atoms with Crippen LogP contribution in [0, 0.1) is 6.92 Å². The summed E-state index contributed by atoms with van der Waals surface area (Å²) in [4.78, 5) is 42.3. The first-order valence-electron chi connectivity index (χ1n) is 12.0. The molecule has 0 aliphatic carbocycles. The predicted octanol–water partition coefficient (Wildman–Crippen LogP) is 4.43. The zero-order valence-corrected chi connectivity index (χ0v) is 20.2. The molecule has 5 aromatic rings. The van der Waals surface area contributed by atoms with Gasteiger partial charge in [-0.1, -0.05) is 66.7 Å². The lowest BCUT2D eigenvalue weighted by atomic mass is 10.0. The second-order valence-electron chi connectivity index (χ2n) is 8.91. The van der Waals surface area contributed by atoms with Crippen LogP contribution < -0.4 is 16.2 Å². The van der Waals surface area contributed by atoms with Gasteiger partial charge in [0.05, 0.1) is 0 Å². The number of H-pyrrole nitrogens is 1. The van der Waals surface area contributed by atoms with Crippen LogP contribution in [0.5, 0.6) is 0 Å². The van der Waals surface area contributed by atoms with Crippen molar-refractivity contribution < 1.29 is 14.4 Å². The minimum absolute atomic E-state index is 0.232. The van der Waals surface area contributed by atoms with Crippen molar-refractivity contribution in [2.75, 3.05) is 0 Å². The lowest BCUT2D eigenvalue weighted by Gasteiger charge is -2.19. The standard InChI is InChI=1S/C30H26N4O3/c1-19-8-2-5-11-24(19)29(36)33-34-30(37)27(17-23-18-31-26-13-7-6-12-25(23)26)32-28(35)22-15-14-20-9-3-4-10-21(20)16-22/h2-16,18,27,31H,17H2,1H3,(H,32,35)(H,33,36)(H,34,37). The van der Waals surface area contributed by atoms with Crippen LogP contribution in [0.2, 0.25) is 0 Å². The molecule has 7 heteroatoms. The number of hydrogen-bond acceptors (Lipinski definition) is 3. The number of nitrogens with one attached hydrogen (secondary N) is 4. The molecule has 1 atom stereocenters. The van der Waals surface area contributed by atoms with Gasteiger partial charge in [-0.05, 0) is 53.1 Å². The van der Waals surface area contributed by atoms with E-state index in [4.69, 9.17) is 0 Å². The molecule has 5 rings (SSSR count). The van der Waals surface area contributed by atoms with E-state index in [-0.39, 0.29) is 12.3 Å². The van der Waals surface area contributed by atoms with Gasteiger partial charge in [-0.3, -0.25) is 25.2 Å². The minimum atomic E-state index is -0.935. The molecule has 0 aliphatic rings. The van der Waals surface area contributed by atoms with Gasteiger partial charge >= 0.3 is 0 Å². The van der Waals surface area contributed by atoms with E-state index < -0.39 is 17.9 Å². The molecule has 0 saturated carbocycles. The fourth-order valence-electron chi connectivity index (χ4n) is 4.40. The molecule has 0 fully saturated rings. The second kappa shape index (κ2) is 10.4. The molecule has 0 spiro atoms. The van der Waals surface area contributed by atoms with Crippen molar-refractivity contribution in [1.29, 1.82) is 0 Å². The highest BCUT2D eigenvalue weighted by Gasteiger charge is 2.24. The third-order valence-electron chi connectivity index (χ3n) is 6.42. The number of fused-ring (bicyclic) bond motifs is 2. The predicted molar refractivity (Wildman–Crippen MR) is 144 cm³/mol. The van der Waals surface area contributed by atoms with Gasteiger partial charge in [0.15, 0.2) is 0 Å². The van der Waals surface area contributed by atoms with Gasteiger partial charge in [-0.15, -0.1) is 0 Å². The molecular formula is C30H26N4O3. The summed E-state index contributed by atoms with van der Waals surface area (Å²) in [6, 6.07) is 27.1. The third-order valence-corrected chi connectivity index (χ3v) is 6.42. The number of para-hydroxylation sites is 1. The van der Waals surface area contributed by atoms with Crippen LogP contribution >= 0.6 is 0 Å². The number of carbonyl (C=O) groups is 3. The second-order valence-corrected chi connectivity index (χ2v) is 8.91. The number of rotatable bonds is 6. The maximum absolute atomic E-state index is 13.3. The molecule has 4 aromatic carbocycles. The maximum Gasteiger partial charge on any atom is 0.269 e. The third kappa shape index (κ3) is 5.21. The van der Waals surface area contributed by atoms with Gasteiger partial charge in [0.1, 0.15) is 6.04 Å². The smallest absolute Gasteiger partial charge is 0.269 e. The van der Waals surface area contributed by atoms with E-state index in [1.165, 1.54) is 0 Å². The van der Waals surface area contributed by atoms with Gasteiger partial charge in [-0.25, -0.2) is 0 Å². The van der Waals surface area contributed by atoms with Crippen LogP contribution in [-0.2, 0) is 11.2 Å². The normalized spacial score (nSPS) is 11.7. The Bertz CT molecular complexity index is 1620. The van der Waals surface area contributed by atoms with Gasteiger partial charge in [-0.2, -0.15) is 0 Å². The molecule has 1 unspecified atom stereocenters. The molecule has 1 aromatic heterocycles. The first kappa shape index (κ1) is 23.8. The van der Waals surface area contributed by atoms with Gasteiger partial charge in [0.25, 0.3) is 17.7 Å². The Kier molecular flexibility index (Phi) is 6.68. The Morgan fingerprint density at radius 1 is 0.784 bits per heavy atom. The number of hydrazine groups is 1. The Balaban J connectivity index is 1.37. The fourth-order valence-corrected chi connectivity index (χ4v) is 4.40. The van der Waals surface area contributed by atoms with Crippen molar-refractivity contribution in [2.45, 2.75) is 19.4 Å². The molecule has 3 amide bonds. The van der Waals surface area contributed by atoms with E-state index in [1.807, 2.05) is 79.9 Å². The summed E-state index contributed by atoms with van der Waals surface area (Å²) >= 11 is 0. The summed E-state index contributed by atoms with van der Waals surface area (Å²) in [5.74, 6) is -1.34. The molecule has 7 nitrogen and oxygen atoms in total. The van der Waals surface area contributed by atoms with Crippen LogP contribution in [0.15, 0.2) is 97.2 Å². The average molecular weight is 491 g/mol. The summed E-state index contributed by atoms with van der Waals surface area (Å²) < 4.78 is 0. The van der Waals surface area contributed by atoms with Crippen molar-refractivity contribution >= 4 is 39.4 Å². The largest absolute Gasteiger partial charge is 0.361 e. The molecule has 0 radical (unpaired) electrons. The van der Waals surface area contributed by atoms with E-state index in [0.29, 0.717) is 11.1 Å². The maximum atomic E-state index is 13.3. The monoisotopic (exact) mass is 490 g/mol. The quantitative estimate of drug-likeness (QED) is 0.265. The highest BCUT2D eigenvalue weighted by molar-refractivity contribution is 6.02. The number of amides is 3. The molecule has 1 heterocycles. The van der Waals surface area contributed by atoms with Crippen LogP contribution in [0.1, 0.15) is 31.8 Å². The number of hydrogen-bond donors (Lipinski definition) is 4. The lowest BCUT2D eigenvalue weighted by Crippen LogP contribution is -2.53. The molecule has 184 valence electrons. The Morgan fingerprint density at radius 2 is 1.51 bits per heavy atom. The molecule has 0 saturated heterocycles. The summed E-state index contributed by atoms with van der Waals surface area (Å²) in [5, 5.41) is 5.77. The highest BCUT2D eigenvalue weighted by atomic mass is 16.2. The number of aromatic amines is 1. The first-order valence-corrected chi connectivity index (χ1v) is 12.0. The Hall–Kier alpha value is -4.91. The van der Waals surface area contributed by atoms with Crippen LogP contribution in [-0.4, -0.2) is 28.7 Å². The van der Waals surface area contributed by atoms with Gasteiger partial charge < -0.3 is 10.3 Å². The Labute approximate surface area is 213 Å². The van der Waals surface area contributed by atoms with E-state index in [0.717, 1.165) is 32.8 Å².